The van der Waals surface area contributed by atoms with Crippen LogP contribution in [0.3, 0.4) is 0 Å². The number of nitrogens with zero attached hydrogens (tertiary/aromatic N) is 3. The molecule has 2 aromatic carbocycles. The van der Waals surface area contributed by atoms with Crippen LogP contribution in [0.25, 0.3) is 11.1 Å². The lowest BCUT2D eigenvalue weighted by atomic mass is 10.0. The number of likely N-dealkylation sites (tertiary alicyclic amines) is 1. The Hall–Kier alpha value is -3.25. The van der Waals surface area contributed by atoms with Crippen molar-refractivity contribution in [3.63, 3.8) is 0 Å². The van der Waals surface area contributed by atoms with E-state index in [0.717, 1.165) is 53.5 Å². The predicted molar refractivity (Wildman–Crippen MR) is 127 cm³/mol. The van der Waals surface area contributed by atoms with E-state index in [4.69, 9.17) is 4.74 Å². The predicted octanol–water partition coefficient (Wildman–Crippen LogP) is 4.80. The van der Waals surface area contributed by atoms with Gasteiger partial charge >= 0.3 is 0 Å². The zero-order chi connectivity index (χ0) is 22.5. The van der Waals surface area contributed by atoms with Crippen molar-refractivity contribution in [2.75, 3.05) is 31.6 Å². The van der Waals surface area contributed by atoms with Crippen LogP contribution in [-0.4, -0.2) is 47.0 Å². The number of amides is 1. The van der Waals surface area contributed by atoms with Crippen LogP contribution in [0.4, 0.5) is 5.69 Å². The molecule has 0 radical (unpaired) electrons. The zero-order valence-corrected chi connectivity index (χ0v) is 19.0. The third-order valence-corrected chi connectivity index (χ3v) is 5.99. The highest BCUT2D eigenvalue weighted by atomic mass is 16.5. The summed E-state index contributed by atoms with van der Waals surface area (Å²) in [4.78, 5) is 24.1. The van der Waals surface area contributed by atoms with E-state index in [1.807, 2.05) is 63.2 Å². The second kappa shape index (κ2) is 9.92. The SMILES string of the molecule is Cc1ccccc1C(=O)Nc1ccc(OCCN2CCCC2)c(-c2c(C)ncnc2C)c1. The Morgan fingerprint density at radius 3 is 2.47 bits per heavy atom. The fourth-order valence-electron chi connectivity index (χ4n) is 4.23. The summed E-state index contributed by atoms with van der Waals surface area (Å²) in [7, 11) is 0. The minimum atomic E-state index is -0.130. The highest BCUT2D eigenvalue weighted by Gasteiger charge is 2.17. The third-order valence-electron chi connectivity index (χ3n) is 5.99. The maximum Gasteiger partial charge on any atom is 0.255 e. The number of anilines is 1. The summed E-state index contributed by atoms with van der Waals surface area (Å²) in [6.45, 7) is 9.69. The molecule has 1 aromatic heterocycles. The largest absolute Gasteiger partial charge is 0.492 e. The Labute approximate surface area is 189 Å². The van der Waals surface area contributed by atoms with Crippen LogP contribution < -0.4 is 10.1 Å². The number of carbonyl (C=O) groups excluding carboxylic acids is 1. The highest BCUT2D eigenvalue weighted by molar-refractivity contribution is 6.05. The van der Waals surface area contributed by atoms with Crippen molar-refractivity contribution in [1.82, 2.24) is 14.9 Å². The van der Waals surface area contributed by atoms with E-state index >= 15 is 0 Å². The summed E-state index contributed by atoms with van der Waals surface area (Å²) in [5.74, 6) is 0.647. The first-order valence-electron chi connectivity index (χ1n) is 11.2. The van der Waals surface area contributed by atoms with Gasteiger partial charge in [0.15, 0.2) is 0 Å². The van der Waals surface area contributed by atoms with Crippen LogP contribution in [0, 0.1) is 20.8 Å². The van der Waals surface area contributed by atoms with Crippen LogP contribution in [0.5, 0.6) is 5.75 Å². The first-order chi connectivity index (χ1) is 15.5. The number of benzene rings is 2. The lowest BCUT2D eigenvalue weighted by Gasteiger charge is -2.19. The lowest BCUT2D eigenvalue weighted by molar-refractivity contribution is 0.102. The molecule has 1 amide bonds. The topological polar surface area (TPSA) is 67.3 Å². The molecule has 32 heavy (non-hydrogen) atoms. The monoisotopic (exact) mass is 430 g/mol. The van der Waals surface area contributed by atoms with Crippen molar-refractivity contribution in [3.05, 3.63) is 71.3 Å². The molecular formula is C26H30N4O2. The number of hydrogen-bond donors (Lipinski definition) is 1. The molecule has 0 unspecified atom stereocenters. The van der Waals surface area contributed by atoms with Crippen molar-refractivity contribution >= 4 is 11.6 Å². The van der Waals surface area contributed by atoms with Crippen LogP contribution >= 0.6 is 0 Å². The average Bonchev–Trinajstić information content (AvgIpc) is 3.29. The van der Waals surface area contributed by atoms with Gasteiger partial charge in [0.1, 0.15) is 18.7 Å². The zero-order valence-electron chi connectivity index (χ0n) is 19.0. The molecule has 0 aliphatic carbocycles. The molecule has 1 aliphatic heterocycles. The number of aromatic nitrogens is 2. The molecule has 2 heterocycles. The van der Waals surface area contributed by atoms with E-state index in [0.29, 0.717) is 17.9 Å². The van der Waals surface area contributed by atoms with Crippen molar-refractivity contribution < 1.29 is 9.53 Å². The fourth-order valence-corrected chi connectivity index (χ4v) is 4.23. The van der Waals surface area contributed by atoms with Crippen LogP contribution in [0.15, 0.2) is 48.8 Å². The Balaban J connectivity index is 1.62. The number of nitrogens with one attached hydrogen (secondary N) is 1. The second-order valence-corrected chi connectivity index (χ2v) is 8.30. The van der Waals surface area contributed by atoms with E-state index in [1.54, 1.807) is 6.33 Å². The first kappa shape index (κ1) is 22.0. The molecule has 0 saturated carbocycles. The van der Waals surface area contributed by atoms with Crippen LogP contribution in [-0.2, 0) is 0 Å². The lowest BCUT2D eigenvalue weighted by Crippen LogP contribution is -2.25. The van der Waals surface area contributed by atoms with Crippen molar-refractivity contribution in [2.24, 2.45) is 0 Å². The van der Waals surface area contributed by atoms with E-state index in [-0.39, 0.29) is 5.91 Å². The second-order valence-electron chi connectivity index (χ2n) is 8.30. The Morgan fingerprint density at radius 1 is 1.03 bits per heavy atom. The van der Waals surface area contributed by atoms with Crippen molar-refractivity contribution in [2.45, 2.75) is 33.6 Å². The molecule has 0 bridgehead atoms. The summed E-state index contributed by atoms with van der Waals surface area (Å²) in [5.41, 5.74) is 5.90. The molecule has 6 heteroatoms. The molecule has 1 saturated heterocycles. The van der Waals surface area contributed by atoms with Gasteiger partial charge in [-0.2, -0.15) is 0 Å². The maximum atomic E-state index is 12.8. The van der Waals surface area contributed by atoms with Gasteiger partial charge in [-0.25, -0.2) is 9.97 Å². The molecule has 0 spiro atoms. The minimum absolute atomic E-state index is 0.130. The molecule has 6 nitrogen and oxygen atoms in total. The number of aryl methyl sites for hydroxylation is 3. The summed E-state index contributed by atoms with van der Waals surface area (Å²) >= 11 is 0. The van der Waals surface area contributed by atoms with E-state index in [9.17, 15) is 4.79 Å². The summed E-state index contributed by atoms with van der Waals surface area (Å²) in [5, 5.41) is 3.03. The average molecular weight is 431 g/mol. The molecule has 166 valence electrons. The van der Waals surface area contributed by atoms with Gasteiger partial charge in [0.2, 0.25) is 0 Å². The first-order valence-corrected chi connectivity index (χ1v) is 11.2. The molecule has 0 atom stereocenters. The standard InChI is InChI=1S/C26H30N4O2/c1-18-8-4-5-9-22(18)26(31)29-21-10-11-24(32-15-14-30-12-6-7-13-30)23(16-21)25-19(2)27-17-28-20(25)3/h4-5,8-11,16-17H,6-7,12-15H2,1-3H3,(H,29,31). The van der Waals surface area contributed by atoms with Crippen LogP contribution in [0.2, 0.25) is 0 Å². The normalized spacial score (nSPS) is 13.8. The summed E-state index contributed by atoms with van der Waals surface area (Å²) < 4.78 is 6.22. The van der Waals surface area contributed by atoms with E-state index < -0.39 is 0 Å². The highest BCUT2D eigenvalue weighted by Crippen LogP contribution is 2.35. The molecule has 1 fully saturated rings. The number of ether oxygens (including phenoxy) is 1. The van der Waals surface area contributed by atoms with Crippen molar-refractivity contribution in [1.29, 1.82) is 0 Å². The molecular weight excluding hydrogens is 400 g/mol. The Kier molecular flexibility index (Phi) is 6.81. The van der Waals surface area contributed by atoms with E-state index in [2.05, 4.69) is 20.2 Å². The molecule has 4 rings (SSSR count). The number of hydrogen-bond acceptors (Lipinski definition) is 5. The Morgan fingerprint density at radius 2 is 1.75 bits per heavy atom. The van der Waals surface area contributed by atoms with Gasteiger partial charge in [-0.3, -0.25) is 9.69 Å². The summed E-state index contributed by atoms with van der Waals surface area (Å²) in [6, 6.07) is 13.3. The van der Waals surface area contributed by atoms with Gasteiger partial charge in [-0.1, -0.05) is 18.2 Å². The Bertz CT molecular complexity index is 1090. The summed E-state index contributed by atoms with van der Waals surface area (Å²) in [6.07, 6.45) is 4.10. The van der Waals surface area contributed by atoms with Gasteiger partial charge in [-0.15, -0.1) is 0 Å². The maximum absolute atomic E-state index is 12.8. The van der Waals surface area contributed by atoms with Gasteiger partial charge in [-0.05, 0) is 76.5 Å². The third kappa shape index (κ3) is 4.97. The van der Waals surface area contributed by atoms with Crippen LogP contribution in [0.1, 0.15) is 40.2 Å². The number of rotatable bonds is 7. The van der Waals surface area contributed by atoms with Gasteiger partial charge < -0.3 is 10.1 Å². The fraction of sp³-hybridized carbons (Fsp3) is 0.346. The van der Waals surface area contributed by atoms with Crippen molar-refractivity contribution in [3.8, 4) is 16.9 Å². The van der Waals surface area contributed by atoms with E-state index in [1.165, 1.54) is 12.8 Å². The van der Waals surface area contributed by atoms with Gasteiger partial charge in [0.25, 0.3) is 5.91 Å². The van der Waals surface area contributed by atoms with Gasteiger partial charge in [0, 0.05) is 40.3 Å². The smallest absolute Gasteiger partial charge is 0.255 e. The minimum Gasteiger partial charge on any atom is -0.492 e. The molecule has 1 aliphatic rings. The van der Waals surface area contributed by atoms with Gasteiger partial charge in [0.05, 0.1) is 0 Å². The quantitative estimate of drug-likeness (QED) is 0.583. The molecule has 3 aromatic rings. The number of carbonyl (C=O) groups is 1. The molecule has 1 N–H and O–H groups in total.